The van der Waals surface area contributed by atoms with Crippen molar-refractivity contribution < 1.29 is 27.1 Å². The quantitative estimate of drug-likeness (QED) is 0.872. The number of alkyl halides is 2. The molecule has 0 aromatic carbocycles. The molecular weight excluding hydrogens is 326 g/mol. The van der Waals surface area contributed by atoms with Crippen LogP contribution in [0.5, 0.6) is 0 Å². The van der Waals surface area contributed by atoms with Crippen molar-refractivity contribution in [2.75, 3.05) is 11.5 Å². The van der Waals surface area contributed by atoms with E-state index >= 15 is 0 Å². The summed E-state index contributed by atoms with van der Waals surface area (Å²) in [5.41, 5.74) is -0.525. The SMILES string of the molecule is CCS(=O)(=O)CCn1nc(C(F)F)c2cc(C(=O)O)sc21. The first-order valence-electron chi connectivity index (χ1n) is 5.97. The van der Waals surface area contributed by atoms with Gasteiger partial charge in [-0.25, -0.2) is 22.0 Å². The van der Waals surface area contributed by atoms with Crippen LogP contribution in [0.2, 0.25) is 0 Å². The van der Waals surface area contributed by atoms with E-state index in [4.69, 9.17) is 5.11 Å². The van der Waals surface area contributed by atoms with Crippen LogP contribution in [0.1, 0.15) is 28.7 Å². The van der Waals surface area contributed by atoms with Gasteiger partial charge >= 0.3 is 5.97 Å². The summed E-state index contributed by atoms with van der Waals surface area (Å²) in [5, 5.41) is 12.7. The van der Waals surface area contributed by atoms with Gasteiger partial charge in [0.05, 0.1) is 12.3 Å². The molecule has 2 heterocycles. The van der Waals surface area contributed by atoms with Gasteiger partial charge in [-0.1, -0.05) is 6.92 Å². The number of aryl methyl sites for hydroxylation is 1. The molecule has 0 atom stereocenters. The van der Waals surface area contributed by atoms with E-state index in [9.17, 15) is 22.0 Å². The van der Waals surface area contributed by atoms with E-state index in [0.29, 0.717) is 0 Å². The lowest BCUT2D eigenvalue weighted by Crippen LogP contribution is -2.15. The molecule has 2 rings (SSSR count). The third-order valence-electron chi connectivity index (χ3n) is 2.92. The van der Waals surface area contributed by atoms with E-state index in [0.717, 1.165) is 22.1 Å². The van der Waals surface area contributed by atoms with Crippen molar-refractivity contribution in [1.82, 2.24) is 9.78 Å². The standard InChI is InChI=1S/C11H12F2N2O4S2/c1-2-21(18,19)4-3-15-10-6(8(14-15)9(12)13)5-7(20-10)11(16)17/h5,9H,2-4H2,1H3,(H,16,17). The molecule has 0 saturated heterocycles. The van der Waals surface area contributed by atoms with Crippen molar-refractivity contribution >= 4 is 37.4 Å². The van der Waals surface area contributed by atoms with Crippen LogP contribution in [-0.4, -0.2) is 40.8 Å². The van der Waals surface area contributed by atoms with Gasteiger partial charge in [0.25, 0.3) is 6.43 Å². The number of carboxylic acid groups (broad SMARTS) is 1. The van der Waals surface area contributed by atoms with Gasteiger partial charge in [0.15, 0.2) is 9.84 Å². The minimum absolute atomic E-state index is 0.0517. The summed E-state index contributed by atoms with van der Waals surface area (Å²) in [6, 6.07) is 1.14. The molecule has 0 spiro atoms. The number of hydrogen-bond acceptors (Lipinski definition) is 5. The molecule has 0 unspecified atom stereocenters. The Labute approximate surface area is 122 Å². The van der Waals surface area contributed by atoms with Crippen LogP contribution in [0.4, 0.5) is 8.78 Å². The van der Waals surface area contributed by atoms with Gasteiger partial charge in [-0.05, 0) is 6.07 Å². The first-order chi connectivity index (χ1) is 9.75. The number of aromatic nitrogens is 2. The molecule has 10 heteroatoms. The largest absolute Gasteiger partial charge is 0.477 e. The number of hydrogen-bond donors (Lipinski definition) is 1. The normalized spacial score (nSPS) is 12.4. The second-order valence-electron chi connectivity index (χ2n) is 4.28. The average Bonchev–Trinajstić information content (AvgIpc) is 2.95. The maximum Gasteiger partial charge on any atom is 0.345 e. The highest BCUT2D eigenvalue weighted by molar-refractivity contribution is 7.91. The maximum absolute atomic E-state index is 12.9. The van der Waals surface area contributed by atoms with Crippen molar-refractivity contribution in [2.45, 2.75) is 19.9 Å². The van der Waals surface area contributed by atoms with Crippen molar-refractivity contribution in [3.63, 3.8) is 0 Å². The van der Waals surface area contributed by atoms with Crippen LogP contribution in [0.3, 0.4) is 0 Å². The van der Waals surface area contributed by atoms with Gasteiger partial charge in [-0.3, -0.25) is 4.68 Å². The second-order valence-corrected chi connectivity index (χ2v) is 7.78. The zero-order valence-electron chi connectivity index (χ0n) is 10.9. The van der Waals surface area contributed by atoms with Gasteiger partial charge in [0.1, 0.15) is 15.4 Å². The molecule has 0 saturated carbocycles. The molecule has 0 amide bonds. The summed E-state index contributed by atoms with van der Waals surface area (Å²) in [6.07, 6.45) is -2.85. The number of sulfone groups is 1. The summed E-state index contributed by atoms with van der Waals surface area (Å²) in [5.74, 6) is -1.50. The van der Waals surface area contributed by atoms with Gasteiger partial charge < -0.3 is 5.11 Å². The van der Waals surface area contributed by atoms with Crippen molar-refractivity contribution in [3.05, 3.63) is 16.6 Å². The Hall–Kier alpha value is -1.55. The number of fused-ring (bicyclic) bond motifs is 1. The van der Waals surface area contributed by atoms with Gasteiger partial charge in [0.2, 0.25) is 0 Å². The van der Waals surface area contributed by atoms with E-state index in [1.54, 1.807) is 0 Å². The number of nitrogens with zero attached hydrogens (tertiary/aromatic N) is 2. The molecule has 2 aromatic rings. The average molecular weight is 338 g/mol. The lowest BCUT2D eigenvalue weighted by Gasteiger charge is -2.02. The summed E-state index contributed by atoms with van der Waals surface area (Å²) in [4.78, 5) is 11.1. The van der Waals surface area contributed by atoms with E-state index in [1.165, 1.54) is 6.92 Å². The molecule has 0 aliphatic heterocycles. The zero-order valence-corrected chi connectivity index (χ0v) is 12.5. The number of aromatic carboxylic acids is 1. The number of rotatable bonds is 6. The van der Waals surface area contributed by atoms with Crippen LogP contribution < -0.4 is 0 Å². The summed E-state index contributed by atoms with van der Waals surface area (Å²) >= 11 is 0.801. The first-order valence-corrected chi connectivity index (χ1v) is 8.61. The van der Waals surface area contributed by atoms with E-state index < -0.39 is 27.9 Å². The third kappa shape index (κ3) is 3.21. The predicted molar refractivity (Wildman–Crippen MR) is 73.9 cm³/mol. The molecule has 0 bridgehead atoms. The van der Waals surface area contributed by atoms with Gasteiger partial charge in [-0.15, -0.1) is 11.3 Å². The molecule has 0 fully saturated rings. The topological polar surface area (TPSA) is 89.3 Å². The highest BCUT2D eigenvalue weighted by Crippen LogP contribution is 2.33. The fourth-order valence-corrected chi connectivity index (χ4v) is 3.50. The fraction of sp³-hybridized carbons (Fsp3) is 0.455. The summed E-state index contributed by atoms with van der Waals surface area (Å²) < 4.78 is 50.0. The highest BCUT2D eigenvalue weighted by atomic mass is 32.2. The Morgan fingerprint density at radius 2 is 2.19 bits per heavy atom. The van der Waals surface area contributed by atoms with Crippen molar-refractivity contribution in [2.24, 2.45) is 0 Å². The zero-order chi connectivity index (χ0) is 15.8. The van der Waals surface area contributed by atoms with E-state index in [-0.39, 0.29) is 33.1 Å². The number of carboxylic acids is 1. The third-order valence-corrected chi connectivity index (χ3v) is 5.74. The maximum atomic E-state index is 12.9. The molecule has 0 aliphatic carbocycles. The van der Waals surface area contributed by atoms with Gasteiger partial charge in [0, 0.05) is 11.1 Å². The van der Waals surface area contributed by atoms with Crippen LogP contribution in [-0.2, 0) is 16.4 Å². The van der Waals surface area contributed by atoms with Crippen molar-refractivity contribution in [3.8, 4) is 0 Å². The second kappa shape index (κ2) is 5.68. The molecule has 116 valence electrons. The Balaban J connectivity index is 2.45. The van der Waals surface area contributed by atoms with Gasteiger partial charge in [-0.2, -0.15) is 5.10 Å². The van der Waals surface area contributed by atoms with E-state index in [1.807, 2.05) is 0 Å². The predicted octanol–water partition coefficient (Wildman–Crippen LogP) is 2.17. The smallest absolute Gasteiger partial charge is 0.345 e. The van der Waals surface area contributed by atoms with Crippen LogP contribution in [0.15, 0.2) is 6.07 Å². The Morgan fingerprint density at radius 3 is 2.71 bits per heavy atom. The van der Waals surface area contributed by atoms with Crippen LogP contribution in [0.25, 0.3) is 10.2 Å². The first kappa shape index (κ1) is 15.8. The Morgan fingerprint density at radius 1 is 1.52 bits per heavy atom. The molecule has 6 nitrogen and oxygen atoms in total. The summed E-state index contributed by atoms with van der Waals surface area (Å²) in [7, 11) is -3.27. The monoisotopic (exact) mass is 338 g/mol. The number of carbonyl (C=O) groups is 1. The molecular formula is C11H12F2N2O4S2. The van der Waals surface area contributed by atoms with E-state index in [2.05, 4.69) is 5.10 Å². The lowest BCUT2D eigenvalue weighted by molar-refractivity contribution is 0.0702. The number of thiophene rings is 1. The molecule has 21 heavy (non-hydrogen) atoms. The summed E-state index contributed by atoms with van der Waals surface area (Å²) in [6.45, 7) is 1.41. The molecule has 0 aliphatic rings. The highest BCUT2D eigenvalue weighted by Gasteiger charge is 2.23. The lowest BCUT2D eigenvalue weighted by atomic mass is 10.3. The van der Waals surface area contributed by atoms with Crippen LogP contribution in [0, 0.1) is 0 Å². The minimum Gasteiger partial charge on any atom is -0.477 e. The van der Waals surface area contributed by atoms with Crippen LogP contribution >= 0.6 is 11.3 Å². The molecule has 2 aromatic heterocycles. The van der Waals surface area contributed by atoms with Crippen molar-refractivity contribution in [1.29, 1.82) is 0 Å². The fourth-order valence-electron chi connectivity index (χ4n) is 1.77. The Bertz CT molecular complexity index is 780. The Kier molecular flexibility index (Phi) is 4.28. The molecule has 0 radical (unpaired) electrons. The number of halogens is 2. The minimum atomic E-state index is -3.27. The molecule has 1 N–H and O–H groups in total.